The van der Waals surface area contributed by atoms with Gasteiger partial charge in [0.2, 0.25) is 5.91 Å². The Morgan fingerprint density at radius 3 is 2.81 bits per heavy atom. The van der Waals surface area contributed by atoms with Gasteiger partial charge in [0.25, 0.3) is 5.91 Å². The Kier molecular flexibility index (Phi) is 5.59. The van der Waals surface area contributed by atoms with Gasteiger partial charge >= 0.3 is 5.97 Å². The Balaban J connectivity index is 1.70. The minimum atomic E-state index is -0.934. The number of carbonyl (C=O) groups excluding carboxylic acids is 2. The molecule has 142 valence electrons. The van der Waals surface area contributed by atoms with E-state index >= 15 is 0 Å². The molecule has 3 rings (SSSR count). The first-order valence-electron chi connectivity index (χ1n) is 8.97. The Labute approximate surface area is 157 Å². The largest absolute Gasteiger partial charge is 0.481 e. The van der Waals surface area contributed by atoms with Gasteiger partial charge in [-0.2, -0.15) is 0 Å². The Hall–Kier alpha value is -3.09. The third-order valence-electron chi connectivity index (χ3n) is 4.70. The van der Waals surface area contributed by atoms with Crippen LogP contribution < -0.4 is 10.2 Å². The lowest BCUT2D eigenvalue weighted by molar-refractivity contribution is -0.141. The molecule has 2 amide bonds. The summed E-state index contributed by atoms with van der Waals surface area (Å²) in [6.07, 6.45) is 2.94. The van der Waals surface area contributed by atoms with Crippen LogP contribution >= 0.6 is 0 Å². The SMILES string of the molecule is CCCC(CNC(=O)c1occc1CN1C(=O)Cc2ccccc21)C(=O)O. The highest BCUT2D eigenvalue weighted by molar-refractivity contribution is 6.01. The quantitative estimate of drug-likeness (QED) is 0.744. The molecule has 7 nitrogen and oxygen atoms in total. The van der Waals surface area contributed by atoms with Gasteiger partial charge in [0, 0.05) is 17.8 Å². The van der Waals surface area contributed by atoms with Crippen molar-refractivity contribution in [2.45, 2.75) is 32.7 Å². The number of amides is 2. The fraction of sp³-hybridized carbons (Fsp3) is 0.350. The number of furan rings is 1. The molecular weight excluding hydrogens is 348 g/mol. The average molecular weight is 370 g/mol. The van der Waals surface area contributed by atoms with Crippen molar-refractivity contribution in [1.29, 1.82) is 0 Å². The number of nitrogens with one attached hydrogen (secondary N) is 1. The van der Waals surface area contributed by atoms with Gasteiger partial charge in [-0.05, 0) is 24.1 Å². The van der Waals surface area contributed by atoms with Gasteiger partial charge in [-0.1, -0.05) is 31.5 Å². The molecule has 7 heteroatoms. The van der Waals surface area contributed by atoms with E-state index in [1.165, 1.54) is 6.26 Å². The predicted molar refractivity (Wildman–Crippen MR) is 98.4 cm³/mol. The van der Waals surface area contributed by atoms with Gasteiger partial charge in [0.15, 0.2) is 5.76 Å². The minimum absolute atomic E-state index is 0.0300. The zero-order valence-electron chi connectivity index (χ0n) is 15.1. The molecule has 0 radical (unpaired) electrons. The van der Waals surface area contributed by atoms with Crippen LogP contribution in [0.15, 0.2) is 41.0 Å². The molecule has 0 aliphatic carbocycles. The van der Waals surface area contributed by atoms with Crippen molar-refractivity contribution in [1.82, 2.24) is 5.32 Å². The van der Waals surface area contributed by atoms with Crippen molar-refractivity contribution in [3.63, 3.8) is 0 Å². The highest BCUT2D eigenvalue weighted by Crippen LogP contribution is 2.30. The maximum absolute atomic E-state index is 12.5. The lowest BCUT2D eigenvalue weighted by atomic mass is 10.0. The molecule has 2 aromatic rings. The lowest BCUT2D eigenvalue weighted by Crippen LogP contribution is -2.34. The minimum Gasteiger partial charge on any atom is -0.481 e. The number of hydrogen-bond donors (Lipinski definition) is 2. The zero-order valence-corrected chi connectivity index (χ0v) is 15.1. The molecular formula is C20H22N2O5. The Morgan fingerprint density at radius 2 is 2.07 bits per heavy atom. The van der Waals surface area contributed by atoms with Crippen LogP contribution in [-0.4, -0.2) is 29.4 Å². The van der Waals surface area contributed by atoms with Gasteiger partial charge in [0.05, 0.1) is 25.1 Å². The summed E-state index contributed by atoms with van der Waals surface area (Å²) in [5, 5.41) is 11.8. The van der Waals surface area contributed by atoms with Crippen molar-refractivity contribution >= 4 is 23.5 Å². The van der Waals surface area contributed by atoms with Crippen molar-refractivity contribution in [2.24, 2.45) is 5.92 Å². The summed E-state index contributed by atoms with van der Waals surface area (Å²) in [4.78, 5) is 37.6. The molecule has 0 fully saturated rings. The average Bonchev–Trinajstić information content (AvgIpc) is 3.23. The first kappa shape index (κ1) is 18.7. The number of aliphatic carboxylic acids is 1. The zero-order chi connectivity index (χ0) is 19.4. The molecule has 0 spiro atoms. The number of anilines is 1. The second-order valence-corrected chi connectivity index (χ2v) is 6.59. The van der Waals surface area contributed by atoms with Crippen molar-refractivity contribution in [3.8, 4) is 0 Å². The van der Waals surface area contributed by atoms with Gasteiger partial charge in [0.1, 0.15) is 0 Å². The molecule has 1 atom stereocenters. The van der Waals surface area contributed by atoms with E-state index in [1.54, 1.807) is 11.0 Å². The number of benzene rings is 1. The number of carboxylic acid groups (broad SMARTS) is 1. The van der Waals surface area contributed by atoms with Gasteiger partial charge in [-0.25, -0.2) is 0 Å². The van der Waals surface area contributed by atoms with Crippen molar-refractivity contribution in [3.05, 3.63) is 53.5 Å². The normalized spacial score (nSPS) is 14.1. The fourth-order valence-electron chi connectivity index (χ4n) is 3.28. The van der Waals surface area contributed by atoms with Gasteiger partial charge in [-0.3, -0.25) is 14.4 Å². The molecule has 1 aliphatic rings. The second kappa shape index (κ2) is 8.07. The monoisotopic (exact) mass is 370 g/mol. The maximum atomic E-state index is 12.5. The van der Waals surface area contributed by atoms with Crippen LogP contribution in [0, 0.1) is 5.92 Å². The topological polar surface area (TPSA) is 99.9 Å². The highest BCUT2D eigenvalue weighted by atomic mass is 16.4. The summed E-state index contributed by atoms with van der Waals surface area (Å²) in [5.41, 5.74) is 2.38. The van der Waals surface area contributed by atoms with Crippen LogP contribution in [0.5, 0.6) is 0 Å². The third-order valence-corrected chi connectivity index (χ3v) is 4.70. The standard InChI is InChI=1S/C20H22N2O5/c1-2-5-14(20(25)26)11-21-19(24)18-15(8-9-27-18)12-22-16-7-4-3-6-13(16)10-17(22)23/h3-4,6-9,14H,2,5,10-12H2,1H3,(H,21,24)(H,25,26). The Bertz CT molecular complexity index is 858. The van der Waals surface area contributed by atoms with E-state index in [9.17, 15) is 19.5 Å². The summed E-state index contributed by atoms with van der Waals surface area (Å²) in [6.45, 7) is 2.16. The van der Waals surface area contributed by atoms with Crippen LogP contribution in [0.3, 0.4) is 0 Å². The molecule has 0 saturated carbocycles. The summed E-state index contributed by atoms with van der Waals surface area (Å²) < 4.78 is 5.32. The predicted octanol–water partition coefficient (Wildman–Crippen LogP) is 2.60. The second-order valence-electron chi connectivity index (χ2n) is 6.59. The van der Waals surface area contributed by atoms with E-state index in [0.717, 1.165) is 17.7 Å². The summed E-state index contributed by atoms with van der Waals surface area (Å²) >= 11 is 0. The number of hydrogen-bond acceptors (Lipinski definition) is 4. The molecule has 2 N–H and O–H groups in total. The van der Waals surface area contributed by atoms with E-state index in [2.05, 4.69) is 5.32 Å². The van der Waals surface area contributed by atoms with Crippen LogP contribution in [0.25, 0.3) is 0 Å². The molecule has 1 aromatic carbocycles. The van der Waals surface area contributed by atoms with E-state index in [-0.39, 0.29) is 24.8 Å². The number of fused-ring (bicyclic) bond motifs is 1. The molecule has 27 heavy (non-hydrogen) atoms. The van der Waals surface area contributed by atoms with E-state index in [4.69, 9.17) is 4.42 Å². The smallest absolute Gasteiger partial charge is 0.308 e. The van der Waals surface area contributed by atoms with Gasteiger partial charge < -0.3 is 19.7 Å². The Morgan fingerprint density at radius 1 is 1.30 bits per heavy atom. The van der Waals surface area contributed by atoms with Gasteiger partial charge in [-0.15, -0.1) is 0 Å². The van der Waals surface area contributed by atoms with Crippen molar-refractivity contribution in [2.75, 3.05) is 11.4 Å². The number of rotatable bonds is 8. The van der Waals surface area contributed by atoms with Crippen molar-refractivity contribution < 1.29 is 23.9 Å². The fourth-order valence-corrected chi connectivity index (χ4v) is 3.28. The highest BCUT2D eigenvalue weighted by Gasteiger charge is 2.29. The molecule has 1 unspecified atom stereocenters. The molecule has 0 bridgehead atoms. The van der Waals surface area contributed by atoms with E-state index in [0.29, 0.717) is 18.4 Å². The molecule has 0 saturated heterocycles. The van der Waals surface area contributed by atoms with Crippen LogP contribution in [0.1, 0.15) is 41.4 Å². The third kappa shape index (κ3) is 4.02. The summed E-state index contributed by atoms with van der Waals surface area (Å²) in [6, 6.07) is 9.21. The summed E-state index contributed by atoms with van der Waals surface area (Å²) in [5.74, 6) is -1.97. The molecule has 1 aromatic heterocycles. The number of carbonyl (C=O) groups is 3. The summed E-state index contributed by atoms with van der Waals surface area (Å²) in [7, 11) is 0. The maximum Gasteiger partial charge on any atom is 0.308 e. The van der Waals surface area contributed by atoms with Crippen LogP contribution in [-0.2, 0) is 22.6 Å². The number of carboxylic acids is 1. The molecule has 1 aliphatic heterocycles. The van der Waals surface area contributed by atoms with E-state index < -0.39 is 17.8 Å². The number of nitrogens with zero attached hydrogens (tertiary/aromatic N) is 1. The van der Waals surface area contributed by atoms with E-state index in [1.807, 2.05) is 31.2 Å². The number of para-hydroxylation sites is 1. The lowest BCUT2D eigenvalue weighted by Gasteiger charge is -2.17. The van der Waals surface area contributed by atoms with Crippen LogP contribution in [0.2, 0.25) is 0 Å². The molecule has 2 heterocycles. The first-order chi connectivity index (χ1) is 13.0. The van der Waals surface area contributed by atoms with Crippen LogP contribution in [0.4, 0.5) is 5.69 Å². The first-order valence-corrected chi connectivity index (χ1v) is 8.97.